The van der Waals surface area contributed by atoms with Crippen LogP contribution >= 0.6 is 0 Å². The van der Waals surface area contributed by atoms with Crippen molar-refractivity contribution in [2.75, 3.05) is 13.1 Å². The molecule has 2 heterocycles. The van der Waals surface area contributed by atoms with Gasteiger partial charge in [-0.15, -0.1) is 5.10 Å². The lowest BCUT2D eigenvalue weighted by Gasteiger charge is -2.24. The standard InChI is InChI=1S/C11H16F3N5O2/c1-2-9(11(12,13)14)16-10(21)18-5-7(8(20)6-18)19-4-3-15-17-19/h3-4,7-9,20H,2,5-6H2,1H3,(H,16,21)/t7-,8-,9+/m1/s1. The Kier molecular flexibility index (Phi) is 4.35. The van der Waals surface area contributed by atoms with Crippen molar-refractivity contribution < 1.29 is 23.1 Å². The molecule has 3 atom stereocenters. The molecule has 0 bridgehead atoms. The van der Waals surface area contributed by atoms with E-state index in [1.807, 2.05) is 5.32 Å². The molecule has 7 nitrogen and oxygen atoms in total. The maximum atomic E-state index is 12.6. The Morgan fingerprint density at radius 3 is 2.76 bits per heavy atom. The summed E-state index contributed by atoms with van der Waals surface area (Å²) in [5, 5.41) is 19.2. The summed E-state index contributed by atoms with van der Waals surface area (Å²) >= 11 is 0. The first-order chi connectivity index (χ1) is 9.82. The largest absolute Gasteiger partial charge is 0.408 e. The highest BCUT2D eigenvalue weighted by molar-refractivity contribution is 5.75. The second-order valence-electron chi connectivity index (χ2n) is 4.87. The van der Waals surface area contributed by atoms with Gasteiger partial charge in [0.05, 0.1) is 24.9 Å². The number of aromatic nitrogens is 3. The lowest BCUT2D eigenvalue weighted by molar-refractivity contribution is -0.154. The van der Waals surface area contributed by atoms with Gasteiger partial charge in [0.2, 0.25) is 0 Å². The number of nitrogens with one attached hydrogen (secondary N) is 1. The van der Waals surface area contributed by atoms with Gasteiger partial charge < -0.3 is 15.3 Å². The molecule has 1 aliphatic heterocycles. The Morgan fingerprint density at radius 1 is 1.52 bits per heavy atom. The average molecular weight is 307 g/mol. The summed E-state index contributed by atoms with van der Waals surface area (Å²) in [6.45, 7) is 1.37. The molecule has 10 heteroatoms. The summed E-state index contributed by atoms with van der Waals surface area (Å²) in [6, 6.07) is -3.25. The third kappa shape index (κ3) is 3.43. The average Bonchev–Trinajstić information content (AvgIpc) is 3.02. The Labute approximate surface area is 118 Å². The third-order valence-corrected chi connectivity index (χ3v) is 3.43. The molecular formula is C11H16F3N5O2. The van der Waals surface area contributed by atoms with Crippen molar-refractivity contribution in [3.05, 3.63) is 12.4 Å². The first-order valence-electron chi connectivity index (χ1n) is 6.49. The van der Waals surface area contributed by atoms with E-state index < -0.39 is 30.4 Å². The highest BCUT2D eigenvalue weighted by Crippen LogP contribution is 2.24. The molecule has 0 radical (unpaired) electrons. The van der Waals surface area contributed by atoms with Crippen LogP contribution in [-0.2, 0) is 0 Å². The van der Waals surface area contributed by atoms with Gasteiger partial charge in [0.15, 0.2) is 0 Å². The summed E-state index contributed by atoms with van der Waals surface area (Å²) in [4.78, 5) is 13.0. The molecule has 1 aromatic rings. The second-order valence-corrected chi connectivity index (χ2v) is 4.87. The smallest absolute Gasteiger partial charge is 0.389 e. The number of nitrogens with zero attached hydrogens (tertiary/aromatic N) is 4. The number of alkyl halides is 3. The number of carbonyl (C=O) groups excluding carboxylic acids is 1. The topological polar surface area (TPSA) is 83.3 Å². The highest BCUT2D eigenvalue weighted by atomic mass is 19.4. The molecule has 1 fully saturated rings. The zero-order valence-electron chi connectivity index (χ0n) is 11.3. The SMILES string of the molecule is CC[C@H](NC(=O)N1C[C@@H](O)[C@H](n2ccnn2)C1)C(F)(F)F. The first kappa shape index (κ1) is 15.5. The molecule has 0 aliphatic carbocycles. The van der Waals surface area contributed by atoms with E-state index >= 15 is 0 Å². The van der Waals surface area contributed by atoms with Crippen molar-refractivity contribution in [3.8, 4) is 0 Å². The number of likely N-dealkylation sites (tertiary alicyclic amines) is 1. The molecule has 1 aliphatic rings. The van der Waals surface area contributed by atoms with Crippen LogP contribution in [-0.4, -0.2) is 62.4 Å². The minimum atomic E-state index is -4.49. The van der Waals surface area contributed by atoms with E-state index in [0.717, 1.165) is 4.90 Å². The fourth-order valence-electron chi connectivity index (χ4n) is 2.25. The number of hydrogen-bond donors (Lipinski definition) is 2. The zero-order chi connectivity index (χ0) is 15.6. The molecule has 2 rings (SSSR count). The highest BCUT2D eigenvalue weighted by Gasteiger charge is 2.42. The molecule has 2 N–H and O–H groups in total. The van der Waals surface area contributed by atoms with E-state index in [1.165, 1.54) is 24.0 Å². The number of halogens is 3. The van der Waals surface area contributed by atoms with E-state index in [9.17, 15) is 23.1 Å². The predicted octanol–water partition coefficient (Wildman–Crippen LogP) is 0.546. The molecule has 0 aromatic carbocycles. The van der Waals surface area contributed by atoms with Crippen LogP contribution in [0.25, 0.3) is 0 Å². The van der Waals surface area contributed by atoms with Gasteiger partial charge in [0.25, 0.3) is 0 Å². The van der Waals surface area contributed by atoms with Crippen LogP contribution < -0.4 is 5.32 Å². The summed E-state index contributed by atoms with van der Waals surface area (Å²) in [6.07, 6.45) is -2.69. The summed E-state index contributed by atoms with van der Waals surface area (Å²) in [5.41, 5.74) is 0. The molecule has 21 heavy (non-hydrogen) atoms. The molecule has 0 unspecified atom stereocenters. The van der Waals surface area contributed by atoms with Crippen molar-refractivity contribution in [1.82, 2.24) is 25.2 Å². The Balaban J connectivity index is 1.98. The van der Waals surface area contributed by atoms with Crippen LogP contribution in [0.2, 0.25) is 0 Å². The number of amides is 2. The molecule has 2 amide bonds. The quantitative estimate of drug-likeness (QED) is 0.854. The lowest BCUT2D eigenvalue weighted by Crippen LogP contribution is -2.50. The molecule has 118 valence electrons. The Bertz CT molecular complexity index is 479. The van der Waals surface area contributed by atoms with Crippen LogP contribution in [0.5, 0.6) is 0 Å². The van der Waals surface area contributed by atoms with Crippen molar-refractivity contribution in [3.63, 3.8) is 0 Å². The second kappa shape index (κ2) is 5.88. The van der Waals surface area contributed by atoms with Gasteiger partial charge in [-0.25, -0.2) is 9.48 Å². The minimum absolute atomic E-state index is 0.0509. The summed E-state index contributed by atoms with van der Waals surface area (Å²) < 4.78 is 39.3. The Morgan fingerprint density at radius 2 is 2.24 bits per heavy atom. The van der Waals surface area contributed by atoms with Gasteiger partial charge in [-0.2, -0.15) is 13.2 Å². The first-order valence-corrected chi connectivity index (χ1v) is 6.49. The normalized spacial score (nSPS) is 24.1. The number of urea groups is 1. The van der Waals surface area contributed by atoms with Gasteiger partial charge in [-0.05, 0) is 6.42 Å². The van der Waals surface area contributed by atoms with Gasteiger partial charge in [-0.3, -0.25) is 0 Å². The zero-order valence-corrected chi connectivity index (χ0v) is 11.3. The fourth-order valence-corrected chi connectivity index (χ4v) is 2.25. The lowest BCUT2D eigenvalue weighted by atomic mass is 10.2. The molecule has 0 saturated carbocycles. The number of hydrogen-bond acceptors (Lipinski definition) is 4. The number of rotatable bonds is 3. The van der Waals surface area contributed by atoms with Crippen molar-refractivity contribution in [2.24, 2.45) is 0 Å². The summed E-state index contributed by atoms with van der Waals surface area (Å²) in [7, 11) is 0. The van der Waals surface area contributed by atoms with Gasteiger partial charge in [0.1, 0.15) is 6.04 Å². The number of carbonyl (C=O) groups is 1. The van der Waals surface area contributed by atoms with E-state index in [2.05, 4.69) is 10.3 Å². The van der Waals surface area contributed by atoms with Gasteiger partial charge >= 0.3 is 12.2 Å². The van der Waals surface area contributed by atoms with Crippen LogP contribution in [0, 0.1) is 0 Å². The minimum Gasteiger partial charge on any atom is -0.389 e. The molecule has 1 aromatic heterocycles. The van der Waals surface area contributed by atoms with Crippen LogP contribution in [0.15, 0.2) is 12.4 Å². The van der Waals surface area contributed by atoms with Crippen LogP contribution in [0.1, 0.15) is 19.4 Å². The van der Waals surface area contributed by atoms with Crippen molar-refractivity contribution >= 4 is 6.03 Å². The molecule has 1 saturated heterocycles. The van der Waals surface area contributed by atoms with E-state index in [0.29, 0.717) is 0 Å². The molecular weight excluding hydrogens is 291 g/mol. The predicted molar refractivity (Wildman–Crippen MR) is 65.3 cm³/mol. The van der Waals surface area contributed by atoms with Gasteiger partial charge in [-0.1, -0.05) is 12.1 Å². The summed E-state index contributed by atoms with van der Waals surface area (Å²) in [5.74, 6) is 0. The number of β-amino-alcohol motifs (C(OH)–C–C–N with tert-alkyl or cyclic N) is 1. The fraction of sp³-hybridized carbons (Fsp3) is 0.727. The number of aliphatic hydroxyl groups is 1. The van der Waals surface area contributed by atoms with E-state index in [1.54, 1.807) is 0 Å². The maximum Gasteiger partial charge on any atom is 0.408 e. The number of aliphatic hydroxyl groups excluding tert-OH is 1. The maximum absolute atomic E-state index is 12.6. The van der Waals surface area contributed by atoms with Crippen LogP contribution in [0.3, 0.4) is 0 Å². The van der Waals surface area contributed by atoms with Crippen molar-refractivity contribution in [2.45, 2.75) is 37.7 Å². The monoisotopic (exact) mass is 307 g/mol. The van der Waals surface area contributed by atoms with E-state index in [4.69, 9.17) is 0 Å². The van der Waals surface area contributed by atoms with Crippen LogP contribution in [0.4, 0.5) is 18.0 Å². The van der Waals surface area contributed by atoms with Crippen molar-refractivity contribution in [1.29, 1.82) is 0 Å². The Hall–Kier alpha value is -1.84. The van der Waals surface area contributed by atoms with Gasteiger partial charge in [0, 0.05) is 12.7 Å². The molecule has 0 spiro atoms. The van der Waals surface area contributed by atoms with E-state index in [-0.39, 0.29) is 19.5 Å². The third-order valence-electron chi connectivity index (χ3n) is 3.43.